The summed E-state index contributed by atoms with van der Waals surface area (Å²) < 4.78 is 11.4. The normalized spacial score (nSPS) is 18.2. The van der Waals surface area contributed by atoms with Gasteiger partial charge in [0.25, 0.3) is 0 Å². The van der Waals surface area contributed by atoms with Crippen molar-refractivity contribution in [3.63, 3.8) is 0 Å². The molecule has 0 N–H and O–H groups in total. The lowest BCUT2D eigenvalue weighted by atomic mass is 10.1. The molecule has 0 unspecified atom stereocenters. The van der Waals surface area contributed by atoms with Crippen LogP contribution >= 0.6 is 0 Å². The number of hydrogen-bond donors (Lipinski definition) is 0. The van der Waals surface area contributed by atoms with Gasteiger partial charge in [-0.3, -0.25) is 4.90 Å². The Labute approximate surface area is 138 Å². The molecule has 1 aromatic heterocycles. The largest absolute Gasteiger partial charge is 0.448 e. The predicted octanol–water partition coefficient (Wildman–Crippen LogP) is 3.98. The maximum atomic E-state index is 5.82. The van der Waals surface area contributed by atoms with Crippen LogP contribution < -0.4 is 0 Å². The Balaban J connectivity index is 1.68. The van der Waals surface area contributed by atoms with Gasteiger partial charge in [-0.15, -0.1) is 0 Å². The Morgan fingerprint density at radius 3 is 2.70 bits per heavy atom. The van der Waals surface area contributed by atoms with Crippen molar-refractivity contribution in [1.29, 1.82) is 0 Å². The smallest absolute Gasteiger partial charge is 0.196 e. The minimum absolute atomic E-state index is 0.324. The van der Waals surface area contributed by atoms with E-state index in [0.29, 0.717) is 12.0 Å². The van der Waals surface area contributed by atoms with Crippen LogP contribution in [0.15, 0.2) is 41.0 Å². The number of ether oxygens (including phenoxy) is 1. The highest BCUT2D eigenvalue weighted by molar-refractivity contribution is 5.14. The van der Waals surface area contributed by atoms with E-state index >= 15 is 0 Å². The molecule has 4 heteroatoms. The summed E-state index contributed by atoms with van der Waals surface area (Å²) in [6.45, 7) is 7.74. The van der Waals surface area contributed by atoms with Crippen LogP contribution in [0.25, 0.3) is 0 Å². The topological polar surface area (TPSA) is 38.5 Å². The van der Waals surface area contributed by atoms with Gasteiger partial charge in [0, 0.05) is 32.2 Å². The summed E-state index contributed by atoms with van der Waals surface area (Å²) in [5.74, 6) is 1.14. The maximum absolute atomic E-state index is 5.82. The van der Waals surface area contributed by atoms with Crippen LogP contribution in [0.5, 0.6) is 0 Å². The van der Waals surface area contributed by atoms with Crippen molar-refractivity contribution in [1.82, 2.24) is 9.88 Å². The number of rotatable bonds is 7. The maximum Gasteiger partial charge on any atom is 0.196 e. The summed E-state index contributed by atoms with van der Waals surface area (Å²) in [5.41, 5.74) is 2.32. The van der Waals surface area contributed by atoms with E-state index in [0.717, 1.165) is 44.2 Å². The summed E-state index contributed by atoms with van der Waals surface area (Å²) in [5, 5.41) is 0. The molecule has 0 saturated carbocycles. The van der Waals surface area contributed by atoms with Gasteiger partial charge in [0.2, 0.25) is 0 Å². The van der Waals surface area contributed by atoms with Crippen molar-refractivity contribution in [3.8, 4) is 0 Å². The van der Waals surface area contributed by atoms with Gasteiger partial charge in [0.05, 0.1) is 11.8 Å². The molecule has 1 saturated heterocycles. The second-order valence-corrected chi connectivity index (χ2v) is 6.62. The lowest BCUT2D eigenvalue weighted by Crippen LogP contribution is -2.31. The molecule has 124 valence electrons. The minimum Gasteiger partial charge on any atom is -0.448 e. The van der Waals surface area contributed by atoms with Gasteiger partial charge in [-0.2, -0.15) is 0 Å². The Kier molecular flexibility index (Phi) is 5.47. The molecule has 23 heavy (non-hydrogen) atoms. The third kappa shape index (κ3) is 4.66. The highest BCUT2D eigenvalue weighted by Gasteiger charge is 2.20. The molecular formula is C19H26N2O2. The van der Waals surface area contributed by atoms with Crippen LogP contribution in [0.1, 0.15) is 49.8 Å². The number of benzene rings is 1. The average Bonchev–Trinajstić information content (AvgIpc) is 3.20. The lowest BCUT2D eigenvalue weighted by Gasteiger charge is -2.24. The summed E-state index contributed by atoms with van der Waals surface area (Å²) in [4.78, 5) is 7.03. The van der Waals surface area contributed by atoms with E-state index in [-0.39, 0.29) is 0 Å². The van der Waals surface area contributed by atoms with Crippen molar-refractivity contribution in [3.05, 3.63) is 53.7 Å². The summed E-state index contributed by atoms with van der Waals surface area (Å²) >= 11 is 0. The first-order valence-corrected chi connectivity index (χ1v) is 8.53. The number of nitrogens with zero attached hydrogens (tertiary/aromatic N) is 2. The molecule has 0 aliphatic carbocycles. The molecule has 0 bridgehead atoms. The van der Waals surface area contributed by atoms with Gasteiger partial charge in [0.1, 0.15) is 6.26 Å². The predicted molar refractivity (Wildman–Crippen MR) is 90.1 cm³/mol. The number of aromatic nitrogens is 1. The van der Waals surface area contributed by atoms with E-state index in [1.165, 1.54) is 12.0 Å². The Bertz CT molecular complexity index is 588. The highest BCUT2D eigenvalue weighted by Crippen LogP contribution is 2.19. The molecule has 2 aromatic rings. The van der Waals surface area contributed by atoms with E-state index < -0.39 is 0 Å². The van der Waals surface area contributed by atoms with E-state index in [4.69, 9.17) is 9.15 Å². The van der Waals surface area contributed by atoms with Crippen molar-refractivity contribution in [2.75, 3.05) is 13.2 Å². The lowest BCUT2D eigenvalue weighted by molar-refractivity contribution is 0.0674. The highest BCUT2D eigenvalue weighted by atomic mass is 16.5. The van der Waals surface area contributed by atoms with E-state index in [1.54, 1.807) is 6.26 Å². The molecule has 1 atom stereocenters. The Hall–Kier alpha value is -1.65. The van der Waals surface area contributed by atoms with Gasteiger partial charge >= 0.3 is 0 Å². The molecule has 4 nitrogen and oxygen atoms in total. The molecular weight excluding hydrogens is 288 g/mol. The van der Waals surface area contributed by atoms with Crippen molar-refractivity contribution in [2.45, 2.75) is 51.8 Å². The molecule has 3 rings (SSSR count). The molecule has 1 aliphatic rings. The Morgan fingerprint density at radius 1 is 1.22 bits per heavy atom. The fraction of sp³-hybridized carbons (Fsp3) is 0.526. The molecule has 1 aromatic carbocycles. The van der Waals surface area contributed by atoms with E-state index in [1.807, 2.05) is 0 Å². The number of oxazole rings is 1. The molecule has 2 heterocycles. The quantitative estimate of drug-likeness (QED) is 0.775. The number of hydrogen-bond acceptors (Lipinski definition) is 4. The molecule has 0 spiro atoms. The van der Waals surface area contributed by atoms with Crippen molar-refractivity contribution in [2.24, 2.45) is 0 Å². The Morgan fingerprint density at radius 2 is 2.04 bits per heavy atom. The van der Waals surface area contributed by atoms with Crippen LogP contribution in [0.3, 0.4) is 0 Å². The summed E-state index contributed by atoms with van der Waals surface area (Å²) in [6.07, 6.45) is 4.46. The fourth-order valence-electron chi connectivity index (χ4n) is 2.99. The van der Waals surface area contributed by atoms with Crippen LogP contribution in [0.4, 0.5) is 0 Å². The first-order chi connectivity index (χ1) is 11.2. The fourth-order valence-corrected chi connectivity index (χ4v) is 2.99. The standard InChI is InChI=1S/C19H26N2O2/c1-15(2)19-20-17(14-23-19)12-21(13-18-9-6-10-22-18)11-16-7-4-3-5-8-16/h3-5,7-8,14-15,18H,6,9-13H2,1-2H3/t18-/m0/s1. The average molecular weight is 314 g/mol. The van der Waals surface area contributed by atoms with Crippen LogP contribution in [0, 0.1) is 0 Å². The molecule has 0 amide bonds. The van der Waals surface area contributed by atoms with Crippen LogP contribution in [0.2, 0.25) is 0 Å². The SMILES string of the molecule is CC(C)c1nc(CN(Cc2ccccc2)C[C@@H]2CCCO2)co1. The van der Waals surface area contributed by atoms with Gasteiger partial charge in [-0.05, 0) is 18.4 Å². The zero-order valence-electron chi connectivity index (χ0n) is 14.1. The molecule has 0 radical (unpaired) electrons. The van der Waals surface area contributed by atoms with Gasteiger partial charge < -0.3 is 9.15 Å². The summed E-state index contributed by atoms with van der Waals surface area (Å²) in [6, 6.07) is 10.6. The monoisotopic (exact) mass is 314 g/mol. The first-order valence-electron chi connectivity index (χ1n) is 8.53. The van der Waals surface area contributed by atoms with Crippen molar-refractivity contribution >= 4 is 0 Å². The van der Waals surface area contributed by atoms with Gasteiger partial charge in [-0.1, -0.05) is 44.2 Å². The zero-order valence-corrected chi connectivity index (χ0v) is 14.1. The van der Waals surface area contributed by atoms with Gasteiger partial charge in [-0.25, -0.2) is 4.98 Å². The third-order valence-electron chi connectivity index (χ3n) is 4.18. The minimum atomic E-state index is 0.324. The summed E-state index contributed by atoms with van der Waals surface area (Å²) in [7, 11) is 0. The first kappa shape index (κ1) is 16.2. The second kappa shape index (κ2) is 7.75. The van der Waals surface area contributed by atoms with Crippen LogP contribution in [-0.2, 0) is 17.8 Å². The molecule has 1 fully saturated rings. The van der Waals surface area contributed by atoms with E-state index in [2.05, 4.69) is 54.1 Å². The molecule has 1 aliphatic heterocycles. The van der Waals surface area contributed by atoms with E-state index in [9.17, 15) is 0 Å². The second-order valence-electron chi connectivity index (χ2n) is 6.62. The third-order valence-corrected chi connectivity index (χ3v) is 4.18. The zero-order chi connectivity index (χ0) is 16.1. The van der Waals surface area contributed by atoms with Crippen molar-refractivity contribution < 1.29 is 9.15 Å². The van der Waals surface area contributed by atoms with Crippen LogP contribution in [-0.4, -0.2) is 29.1 Å². The van der Waals surface area contributed by atoms with Gasteiger partial charge in [0.15, 0.2) is 5.89 Å².